The molecule has 0 saturated carbocycles. The number of hydrogen-bond donors (Lipinski definition) is 1. The third-order valence-corrected chi connectivity index (χ3v) is 5.57. The zero-order valence-corrected chi connectivity index (χ0v) is 16.5. The normalized spacial score (nSPS) is 10.6. The SMILES string of the molecule is Cc1cccc(C)c1OCc1csc(C(=O)Nc2cccc(Cl)c2C)c1. The maximum atomic E-state index is 12.5. The topological polar surface area (TPSA) is 38.3 Å². The number of hydrogen-bond acceptors (Lipinski definition) is 3. The van der Waals surface area contributed by atoms with Gasteiger partial charge in [0.2, 0.25) is 0 Å². The second-order valence-corrected chi connectivity index (χ2v) is 7.51. The Morgan fingerprint density at radius 3 is 2.54 bits per heavy atom. The predicted molar refractivity (Wildman–Crippen MR) is 109 cm³/mol. The van der Waals surface area contributed by atoms with Gasteiger partial charge in [0.15, 0.2) is 0 Å². The minimum atomic E-state index is -0.140. The highest BCUT2D eigenvalue weighted by molar-refractivity contribution is 7.12. The Hall–Kier alpha value is -2.30. The first-order chi connectivity index (χ1) is 12.5. The maximum absolute atomic E-state index is 12.5. The summed E-state index contributed by atoms with van der Waals surface area (Å²) in [7, 11) is 0. The molecule has 3 rings (SSSR count). The second kappa shape index (κ2) is 7.94. The summed E-state index contributed by atoms with van der Waals surface area (Å²) in [6.07, 6.45) is 0. The highest BCUT2D eigenvalue weighted by atomic mass is 35.5. The number of para-hydroxylation sites is 1. The standard InChI is InChI=1S/C21H20ClNO2S/c1-13-6-4-7-14(2)20(13)25-11-16-10-19(26-12-16)21(24)23-18-9-5-8-17(22)15(18)3/h4-10,12H,11H2,1-3H3,(H,23,24). The van der Waals surface area contributed by atoms with Gasteiger partial charge in [-0.3, -0.25) is 4.79 Å². The van der Waals surface area contributed by atoms with Crippen LogP contribution in [-0.4, -0.2) is 5.91 Å². The summed E-state index contributed by atoms with van der Waals surface area (Å²) in [6, 6.07) is 13.4. The van der Waals surface area contributed by atoms with Crippen LogP contribution >= 0.6 is 22.9 Å². The van der Waals surface area contributed by atoms with Crippen LogP contribution in [0.3, 0.4) is 0 Å². The molecule has 0 saturated heterocycles. The first-order valence-electron chi connectivity index (χ1n) is 8.28. The number of rotatable bonds is 5. The third kappa shape index (κ3) is 4.09. The van der Waals surface area contributed by atoms with Crippen molar-refractivity contribution in [2.75, 3.05) is 5.32 Å². The van der Waals surface area contributed by atoms with E-state index < -0.39 is 0 Å². The number of carbonyl (C=O) groups excluding carboxylic acids is 1. The van der Waals surface area contributed by atoms with Crippen molar-refractivity contribution in [3.8, 4) is 5.75 Å². The van der Waals surface area contributed by atoms with Crippen LogP contribution in [0.15, 0.2) is 47.8 Å². The van der Waals surface area contributed by atoms with Gasteiger partial charge in [-0.15, -0.1) is 11.3 Å². The smallest absolute Gasteiger partial charge is 0.265 e. The first kappa shape index (κ1) is 18.5. The van der Waals surface area contributed by atoms with Crippen LogP contribution in [0, 0.1) is 20.8 Å². The Labute approximate surface area is 162 Å². The molecule has 0 bridgehead atoms. The molecule has 0 atom stereocenters. The largest absolute Gasteiger partial charge is 0.488 e. The number of aryl methyl sites for hydroxylation is 2. The summed E-state index contributed by atoms with van der Waals surface area (Å²) in [5.74, 6) is 0.762. The predicted octanol–water partition coefficient (Wildman–Crippen LogP) is 6.16. The molecule has 0 unspecified atom stereocenters. The molecule has 5 heteroatoms. The highest BCUT2D eigenvalue weighted by Gasteiger charge is 2.12. The Kier molecular flexibility index (Phi) is 5.64. The number of ether oxygens (including phenoxy) is 1. The van der Waals surface area contributed by atoms with E-state index in [0.29, 0.717) is 16.5 Å². The van der Waals surface area contributed by atoms with Gasteiger partial charge >= 0.3 is 0 Å². The van der Waals surface area contributed by atoms with Gasteiger partial charge in [-0.2, -0.15) is 0 Å². The Balaban J connectivity index is 1.67. The van der Waals surface area contributed by atoms with Crippen LogP contribution in [0.25, 0.3) is 0 Å². The van der Waals surface area contributed by atoms with Gasteiger partial charge < -0.3 is 10.1 Å². The number of thiophene rings is 1. The molecule has 3 aromatic rings. The van der Waals surface area contributed by atoms with Crippen molar-refractivity contribution < 1.29 is 9.53 Å². The van der Waals surface area contributed by atoms with E-state index in [0.717, 1.165) is 33.7 Å². The summed E-state index contributed by atoms with van der Waals surface area (Å²) >= 11 is 7.51. The molecule has 0 aliphatic heterocycles. The average Bonchev–Trinajstić information content (AvgIpc) is 3.08. The van der Waals surface area contributed by atoms with Crippen molar-refractivity contribution in [1.82, 2.24) is 0 Å². The van der Waals surface area contributed by atoms with Crippen LogP contribution in [0.2, 0.25) is 5.02 Å². The molecule has 0 aliphatic rings. The van der Waals surface area contributed by atoms with Crippen molar-refractivity contribution in [2.24, 2.45) is 0 Å². The molecule has 1 N–H and O–H groups in total. The second-order valence-electron chi connectivity index (χ2n) is 6.20. The minimum Gasteiger partial charge on any atom is -0.488 e. The number of anilines is 1. The first-order valence-corrected chi connectivity index (χ1v) is 9.54. The van der Waals surface area contributed by atoms with Gasteiger partial charge in [0.25, 0.3) is 5.91 Å². The Morgan fingerprint density at radius 2 is 1.81 bits per heavy atom. The molecule has 0 fully saturated rings. The van der Waals surface area contributed by atoms with E-state index in [2.05, 4.69) is 5.32 Å². The molecule has 0 radical (unpaired) electrons. The van der Waals surface area contributed by atoms with E-state index >= 15 is 0 Å². The van der Waals surface area contributed by atoms with Crippen molar-refractivity contribution in [2.45, 2.75) is 27.4 Å². The van der Waals surface area contributed by atoms with Crippen LogP contribution in [-0.2, 0) is 6.61 Å². The van der Waals surface area contributed by atoms with Gasteiger partial charge in [-0.05, 0) is 61.0 Å². The van der Waals surface area contributed by atoms with Crippen molar-refractivity contribution in [3.63, 3.8) is 0 Å². The summed E-state index contributed by atoms with van der Waals surface area (Å²) in [5, 5.41) is 5.51. The number of nitrogens with one attached hydrogen (secondary N) is 1. The quantitative estimate of drug-likeness (QED) is 0.571. The molecule has 3 nitrogen and oxygen atoms in total. The fourth-order valence-electron chi connectivity index (χ4n) is 2.68. The van der Waals surface area contributed by atoms with Gasteiger partial charge in [-0.1, -0.05) is 35.9 Å². The lowest BCUT2D eigenvalue weighted by Crippen LogP contribution is -2.11. The molecule has 1 heterocycles. The number of benzene rings is 2. The van der Waals surface area contributed by atoms with Crippen LogP contribution < -0.4 is 10.1 Å². The number of carbonyl (C=O) groups is 1. The molecular formula is C21H20ClNO2S. The van der Waals surface area contributed by atoms with Crippen molar-refractivity contribution in [3.05, 3.63) is 80.0 Å². The van der Waals surface area contributed by atoms with Gasteiger partial charge in [-0.25, -0.2) is 0 Å². The van der Waals surface area contributed by atoms with E-state index in [1.54, 1.807) is 6.07 Å². The lowest BCUT2D eigenvalue weighted by atomic mass is 10.1. The Bertz CT molecular complexity index is 929. The van der Waals surface area contributed by atoms with Gasteiger partial charge in [0.05, 0.1) is 4.88 Å². The zero-order valence-electron chi connectivity index (χ0n) is 14.9. The molecule has 0 aliphatic carbocycles. The monoisotopic (exact) mass is 385 g/mol. The molecule has 134 valence electrons. The van der Waals surface area contributed by atoms with E-state index in [4.69, 9.17) is 16.3 Å². The highest BCUT2D eigenvalue weighted by Crippen LogP contribution is 2.26. The maximum Gasteiger partial charge on any atom is 0.265 e. The zero-order chi connectivity index (χ0) is 18.7. The third-order valence-electron chi connectivity index (χ3n) is 4.19. The number of halogens is 1. The van der Waals surface area contributed by atoms with E-state index in [1.165, 1.54) is 11.3 Å². The van der Waals surface area contributed by atoms with E-state index in [-0.39, 0.29) is 5.91 Å². The van der Waals surface area contributed by atoms with E-state index in [1.807, 2.05) is 62.5 Å². The number of amides is 1. The summed E-state index contributed by atoms with van der Waals surface area (Å²) in [5.41, 5.74) is 4.77. The average molecular weight is 386 g/mol. The van der Waals surface area contributed by atoms with Crippen LogP contribution in [0.4, 0.5) is 5.69 Å². The van der Waals surface area contributed by atoms with Crippen LogP contribution in [0.1, 0.15) is 31.9 Å². The molecule has 1 amide bonds. The lowest BCUT2D eigenvalue weighted by molar-refractivity contribution is 0.103. The molecule has 26 heavy (non-hydrogen) atoms. The Morgan fingerprint density at radius 1 is 1.12 bits per heavy atom. The van der Waals surface area contributed by atoms with E-state index in [9.17, 15) is 4.79 Å². The fourth-order valence-corrected chi connectivity index (χ4v) is 3.65. The molecule has 0 spiro atoms. The summed E-state index contributed by atoms with van der Waals surface area (Å²) in [4.78, 5) is 13.1. The fraction of sp³-hybridized carbons (Fsp3) is 0.190. The summed E-state index contributed by atoms with van der Waals surface area (Å²) < 4.78 is 5.96. The van der Waals surface area contributed by atoms with Crippen molar-refractivity contribution in [1.29, 1.82) is 0 Å². The van der Waals surface area contributed by atoms with Gasteiger partial charge in [0, 0.05) is 16.3 Å². The van der Waals surface area contributed by atoms with Crippen LogP contribution in [0.5, 0.6) is 5.75 Å². The molecular weight excluding hydrogens is 366 g/mol. The van der Waals surface area contributed by atoms with Crippen molar-refractivity contribution >= 4 is 34.5 Å². The molecule has 1 aromatic heterocycles. The molecule has 2 aromatic carbocycles. The lowest BCUT2D eigenvalue weighted by Gasteiger charge is -2.11. The van der Waals surface area contributed by atoms with Gasteiger partial charge in [0.1, 0.15) is 12.4 Å². The minimum absolute atomic E-state index is 0.140. The summed E-state index contributed by atoms with van der Waals surface area (Å²) in [6.45, 7) is 6.38.